The molecule has 0 atom stereocenters. The minimum atomic E-state index is 0.286. The van der Waals surface area contributed by atoms with Gasteiger partial charge >= 0.3 is 0 Å². The first kappa shape index (κ1) is 12.5. The van der Waals surface area contributed by atoms with Gasteiger partial charge in [0.1, 0.15) is 0 Å². The minimum absolute atomic E-state index is 0.286. The Hall–Kier alpha value is -0.570. The quantitative estimate of drug-likeness (QED) is 0.703. The van der Waals surface area contributed by atoms with E-state index in [0.29, 0.717) is 5.92 Å². The van der Waals surface area contributed by atoms with Crippen LogP contribution >= 0.6 is 0 Å². The number of rotatable bonds is 5. The summed E-state index contributed by atoms with van der Waals surface area (Å²) in [5.41, 5.74) is 0. The van der Waals surface area contributed by atoms with Gasteiger partial charge in [-0.1, -0.05) is 19.3 Å². The van der Waals surface area contributed by atoms with E-state index >= 15 is 0 Å². The lowest BCUT2D eigenvalue weighted by Crippen LogP contribution is -2.33. The molecular weight excluding hydrogens is 188 g/mol. The van der Waals surface area contributed by atoms with Gasteiger partial charge in [-0.05, 0) is 39.9 Å². The van der Waals surface area contributed by atoms with Gasteiger partial charge < -0.3 is 10.2 Å². The van der Waals surface area contributed by atoms with Crippen molar-refractivity contribution in [1.29, 1.82) is 0 Å². The summed E-state index contributed by atoms with van der Waals surface area (Å²) < 4.78 is 0. The molecule has 0 radical (unpaired) electrons. The molecule has 3 nitrogen and oxygen atoms in total. The van der Waals surface area contributed by atoms with Crippen LogP contribution in [0.25, 0.3) is 0 Å². The molecule has 1 saturated carbocycles. The van der Waals surface area contributed by atoms with Crippen molar-refractivity contribution >= 4 is 5.91 Å². The third-order valence-electron chi connectivity index (χ3n) is 3.06. The topological polar surface area (TPSA) is 32.3 Å². The first-order valence-corrected chi connectivity index (χ1v) is 6.12. The summed E-state index contributed by atoms with van der Waals surface area (Å²) in [5.74, 6) is 0.589. The molecule has 0 aliphatic heterocycles. The molecule has 0 bridgehead atoms. The molecular formula is C12H24N2O. The first-order valence-electron chi connectivity index (χ1n) is 6.12. The lowest BCUT2D eigenvalue weighted by molar-refractivity contribution is -0.125. The van der Waals surface area contributed by atoms with Gasteiger partial charge in [0, 0.05) is 12.5 Å². The third-order valence-corrected chi connectivity index (χ3v) is 3.06. The summed E-state index contributed by atoms with van der Waals surface area (Å²) in [6.45, 7) is 1.87. The van der Waals surface area contributed by atoms with Crippen molar-refractivity contribution < 1.29 is 4.79 Å². The molecule has 1 fully saturated rings. The second kappa shape index (κ2) is 6.83. The third kappa shape index (κ3) is 5.17. The highest BCUT2D eigenvalue weighted by atomic mass is 16.1. The summed E-state index contributed by atoms with van der Waals surface area (Å²) in [4.78, 5) is 13.9. The molecule has 88 valence electrons. The second-order valence-electron chi connectivity index (χ2n) is 4.78. The van der Waals surface area contributed by atoms with E-state index < -0.39 is 0 Å². The van der Waals surface area contributed by atoms with E-state index in [-0.39, 0.29) is 5.91 Å². The fourth-order valence-corrected chi connectivity index (χ4v) is 2.12. The molecule has 0 saturated heterocycles. The van der Waals surface area contributed by atoms with Crippen LogP contribution in [0, 0.1) is 5.92 Å². The zero-order chi connectivity index (χ0) is 11.1. The number of nitrogens with zero attached hydrogens (tertiary/aromatic N) is 1. The van der Waals surface area contributed by atoms with Gasteiger partial charge in [0.2, 0.25) is 5.91 Å². The predicted octanol–water partition coefficient (Wildman–Crippen LogP) is 1.63. The molecule has 1 rings (SSSR count). The van der Waals surface area contributed by atoms with Crippen LogP contribution in [0.4, 0.5) is 0 Å². The van der Waals surface area contributed by atoms with Crippen molar-refractivity contribution in [2.24, 2.45) is 5.92 Å². The Morgan fingerprint density at radius 2 is 1.93 bits per heavy atom. The summed E-state index contributed by atoms with van der Waals surface area (Å²) in [5, 5.41) is 3.04. The van der Waals surface area contributed by atoms with Gasteiger partial charge in [0.25, 0.3) is 0 Å². The highest BCUT2D eigenvalue weighted by molar-refractivity contribution is 5.78. The number of hydrogen-bond donors (Lipinski definition) is 1. The van der Waals surface area contributed by atoms with Crippen molar-refractivity contribution in [1.82, 2.24) is 10.2 Å². The van der Waals surface area contributed by atoms with E-state index in [4.69, 9.17) is 0 Å². The monoisotopic (exact) mass is 212 g/mol. The maximum Gasteiger partial charge on any atom is 0.223 e. The summed E-state index contributed by atoms with van der Waals surface area (Å²) in [6, 6.07) is 0. The van der Waals surface area contributed by atoms with E-state index in [9.17, 15) is 4.79 Å². The van der Waals surface area contributed by atoms with Crippen molar-refractivity contribution in [2.45, 2.75) is 38.5 Å². The molecule has 1 N–H and O–H groups in total. The number of nitrogens with one attached hydrogen (secondary N) is 1. The van der Waals surface area contributed by atoms with Gasteiger partial charge in [-0.3, -0.25) is 4.79 Å². The SMILES string of the molecule is CN(C)CCCNC(=O)C1CCCCC1. The van der Waals surface area contributed by atoms with Crippen LogP contribution in [-0.4, -0.2) is 38.0 Å². The maximum absolute atomic E-state index is 11.7. The van der Waals surface area contributed by atoms with Gasteiger partial charge in [-0.25, -0.2) is 0 Å². The Labute approximate surface area is 93.2 Å². The van der Waals surface area contributed by atoms with Crippen LogP contribution in [0.3, 0.4) is 0 Å². The zero-order valence-corrected chi connectivity index (χ0v) is 10.1. The average Bonchev–Trinajstić information content (AvgIpc) is 2.25. The second-order valence-corrected chi connectivity index (χ2v) is 4.78. The maximum atomic E-state index is 11.7. The van der Waals surface area contributed by atoms with E-state index in [1.807, 2.05) is 0 Å². The van der Waals surface area contributed by atoms with Crippen LogP contribution in [0.5, 0.6) is 0 Å². The Morgan fingerprint density at radius 1 is 1.27 bits per heavy atom. The summed E-state index contributed by atoms with van der Waals surface area (Å²) >= 11 is 0. The van der Waals surface area contributed by atoms with E-state index in [1.54, 1.807) is 0 Å². The molecule has 1 aliphatic rings. The first-order chi connectivity index (χ1) is 7.20. The Morgan fingerprint density at radius 3 is 2.53 bits per heavy atom. The van der Waals surface area contributed by atoms with E-state index in [2.05, 4.69) is 24.3 Å². The van der Waals surface area contributed by atoms with Crippen LogP contribution < -0.4 is 5.32 Å². The largest absolute Gasteiger partial charge is 0.356 e. The number of carbonyl (C=O) groups is 1. The fraction of sp³-hybridized carbons (Fsp3) is 0.917. The van der Waals surface area contributed by atoms with Gasteiger partial charge in [0.15, 0.2) is 0 Å². The highest BCUT2D eigenvalue weighted by Gasteiger charge is 2.20. The van der Waals surface area contributed by atoms with Gasteiger partial charge in [0.05, 0.1) is 0 Å². The predicted molar refractivity (Wildman–Crippen MR) is 62.8 cm³/mol. The fourth-order valence-electron chi connectivity index (χ4n) is 2.12. The van der Waals surface area contributed by atoms with Crippen molar-refractivity contribution in [3.8, 4) is 0 Å². The molecule has 1 aliphatic carbocycles. The van der Waals surface area contributed by atoms with Gasteiger partial charge in [-0.2, -0.15) is 0 Å². The normalized spacial score (nSPS) is 18.1. The number of carbonyl (C=O) groups excluding carboxylic acids is 1. The lowest BCUT2D eigenvalue weighted by atomic mass is 9.89. The Bertz CT molecular complexity index is 186. The van der Waals surface area contributed by atoms with Crippen LogP contribution in [0.15, 0.2) is 0 Å². The van der Waals surface area contributed by atoms with Crippen molar-refractivity contribution in [3.63, 3.8) is 0 Å². The highest BCUT2D eigenvalue weighted by Crippen LogP contribution is 2.23. The number of amides is 1. The van der Waals surface area contributed by atoms with E-state index in [0.717, 1.165) is 32.4 Å². The summed E-state index contributed by atoms with van der Waals surface area (Å²) in [6.07, 6.45) is 7.01. The zero-order valence-electron chi connectivity index (χ0n) is 10.1. The number of hydrogen-bond acceptors (Lipinski definition) is 2. The smallest absolute Gasteiger partial charge is 0.223 e. The van der Waals surface area contributed by atoms with Crippen molar-refractivity contribution in [2.75, 3.05) is 27.2 Å². The molecule has 0 aromatic rings. The van der Waals surface area contributed by atoms with E-state index in [1.165, 1.54) is 19.3 Å². The average molecular weight is 212 g/mol. The van der Waals surface area contributed by atoms with Crippen LogP contribution in [-0.2, 0) is 4.79 Å². The minimum Gasteiger partial charge on any atom is -0.356 e. The van der Waals surface area contributed by atoms with Crippen LogP contribution in [0.2, 0.25) is 0 Å². The van der Waals surface area contributed by atoms with Crippen LogP contribution in [0.1, 0.15) is 38.5 Å². The molecule has 3 heteroatoms. The molecule has 15 heavy (non-hydrogen) atoms. The lowest BCUT2D eigenvalue weighted by Gasteiger charge is -2.20. The molecule has 0 aromatic heterocycles. The Kier molecular flexibility index (Phi) is 5.69. The molecule has 0 unspecified atom stereocenters. The molecule has 0 spiro atoms. The molecule has 0 aromatic carbocycles. The standard InChI is InChI=1S/C12H24N2O/c1-14(2)10-6-9-13-12(15)11-7-4-3-5-8-11/h11H,3-10H2,1-2H3,(H,13,15). The molecule has 0 heterocycles. The Balaban J connectivity index is 2.07. The molecule has 1 amide bonds. The summed E-state index contributed by atoms with van der Waals surface area (Å²) in [7, 11) is 4.12. The van der Waals surface area contributed by atoms with Gasteiger partial charge in [-0.15, -0.1) is 0 Å². The van der Waals surface area contributed by atoms with Crippen molar-refractivity contribution in [3.05, 3.63) is 0 Å².